The van der Waals surface area contributed by atoms with Gasteiger partial charge in [-0.3, -0.25) is 4.98 Å². The van der Waals surface area contributed by atoms with Crippen LogP contribution in [0, 0.1) is 0 Å². The molecule has 0 amide bonds. The average Bonchev–Trinajstić information content (AvgIpc) is 2.83. The lowest BCUT2D eigenvalue weighted by Gasteiger charge is -2.08. The fourth-order valence-electron chi connectivity index (χ4n) is 1.80. The van der Waals surface area contributed by atoms with Crippen LogP contribution in [0.2, 0.25) is 0 Å². The van der Waals surface area contributed by atoms with Crippen LogP contribution < -0.4 is 11.1 Å². The van der Waals surface area contributed by atoms with Gasteiger partial charge < -0.3 is 11.1 Å². The van der Waals surface area contributed by atoms with Crippen molar-refractivity contribution in [1.82, 2.24) is 4.98 Å². The molecular formula is C13H11N3S. The van der Waals surface area contributed by atoms with Crippen LogP contribution in [-0.2, 0) is 0 Å². The number of benzene rings is 1. The van der Waals surface area contributed by atoms with Crippen LogP contribution in [0.15, 0.2) is 47.3 Å². The summed E-state index contributed by atoms with van der Waals surface area (Å²) in [5.74, 6) is 0. The van der Waals surface area contributed by atoms with Gasteiger partial charge in [-0.1, -0.05) is 12.1 Å². The van der Waals surface area contributed by atoms with E-state index in [-0.39, 0.29) is 0 Å². The first-order valence-corrected chi connectivity index (χ1v) is 6.21. The second kappa shape index (κ2) is 4.07. The van der Waals surface area contributed by atoms with Crippen molar-refractivity contribution in [1.29, 1.82) is 0 Å². The second-order valence-electron chi connectivity index (χ2n) is 3.74. The van der Waals surface area contributed by atoms with Gasteiger partial charge in [-0.25, -0.2) is 0 Å². The maximum atomic E-state index is 5.91. The van der Waals surface area contributed by atoms with Crippen LogP contribution in [0.4, 0.5) is 17.1 Å². The van der Waals surface area contributed by atoms with Gasteiger partial charge in [0.2, 0.25) is 0 Å². The van der Waals surface area contributed by atoms with Crippen LogP contribution in [0.5, 0.6) is 0 Å². The van der Waals surface area contributed by atoms with Crippen LogP contribution in [-0.4, -0.2) is 4.98 Å². The Labute approximate surface area is 103 Å². The van der Waals surface area contributed by atoms with Crippen molar-refractivity contribution >= 4 is 39.3 Å². The molecule has 3 N–H and O–H groups in total. The highest BCUT2D eigenvalue weighted by atomic mass is 32.1. The molecule has 0 aliphatic carbocycles. The first-order chi connectivity index (χ1) is 8.34. The number of nitrogens with zero attached hydrogens (tertiary/aromatic N) is 1. The Kier molecular flexibility index (Phi) is 2.42. The van der Waals surface area contributed by atoms with Crippen molar-refractivity contribution in [2.45, 2.75) is 0 Å². The smallest absolute Gasteiger partial charge is 0.0951 e. The molecule has 17 heavy (non-hydrogen) atoms. The van der Waals surface area contributed by atoms with E-state index in [1.165, 1.54) is 0 Å². The molecule has 2 heterocycles. The number of hydrogen-bond acceptors (Lipinski definition) is 4. The molecule has 3 nitrogen and oxygen atoms in total. The quantitative estimate of drug-likeness (QED) is 0.674. The van der Waals surface area contributed by atoms with Gasteiger partial charge in [-0.2, -0.15) is 11.3 Å². The Bertz CT molecular complexity index is 647. The lowest BCUT2D eigenvalue weighted by molar-refractivity contribution is 1.41. The predicted octanol–water partition coefficient (Wildman–Crippen LogP) is 3.62. The summed E-state index contributed by atoms with van der Waals surface area (Å²) in [5.41, 5.74) is 9.57. The molecule has 0 bridgehead atoms. The topological polar surface area (TPSA) is 50.9 Å². The molecule has 1 aromatic carbocycles. The molecule has 0 radical (unpaired) electrons. The van der Waals surface area contributed by atoms with Crippen LogP contribution in [0.3, 0.4) is 0 Å². The summed E-state index contributed by atoms with van der Waals surface area (Å²) in [7, 11) is 0. The number of nitrogen functional groups attached to an aromatic ring is 1. The van der Waals surface area contributed by atoms with Gasteiger partial charge in [0, 0.05) is 28.3 Å². The third-order valence-electron chi connectivity index (χ3n) is 2.60. The van der Waals surface area contributed by atoms with Crippen molar-refractivity contribution in [3.05, 3.63) is 47.3 Å². The molecule has 3 aromatic rings. The predicted molar refractivity (Wildman–Crippen MR) is 73.8 cm³/mol. The van der Waals surface area contributed by atoms with E-state index in [2.05, 4.69) is 15.7 Å². The van der Waals surface area contributed by atoms with Crippen molar-refractivity contribution in [3.63, 3.8) is 0 Å². The summed E-state index contributed by atoms with van der Waals surface area (Å²) in [4.78, 5) is 4.31. The standard InChI is InChI=1S/C13H11N3S/c14-11-3-1-2-10-12(4-6-15-13(10)11)16-9-5-7-17-8-9/h1-8H,14H2,(H,15,16). The van der Waals surface area contributed by atoms with Crippen LogP contribution in [0.1, 0.15) is 0 Å². The molecule has 0 saturated heterocycles. The Morgan fingerprint density at radius 2 is 2.12 bits per heavy atom. The SMILES string of the molecule is Nc1cccc2c(Nc3ccsc3)ccnc12. The van der Waals surface area contributed by atoms with E-state index in [0.29, 0.717) is 5.69 Å². The normalized spacial score (nSPS) is 10.6. The van der Waals surface area contributed by atoms with Gasteiger partial charge >= 0.3 is 0 Å². The molecule has 0 fully saturated rings. The van der Waals surface area contributed by atoms with Gasteiger partial charge in [-0.15, -0.1) is 0 Å². The number of pyridine rings is 1. The highest BCUT2D eigenvalue weighted by molar-refractivity contribution is 7.08. The minimum absolute atomic E-state index is 0.705. The molecule has 4 heteroatoms. The number of rotatable bonds is 2. The highest BCUT2D eigenvalue weighted by Gasteiger charge is 2.04. The molecule has 0 aliphatic heterocycles. The third-order valence-corrected chi connectivity index (χ3v) is 3.29. The fraction of sp³-hybridized carbons (Fsp3) is 0. The Hall–Kier alpha value is -2.07. The zero-order valence-electron chi connectivity index (χ0n) is 9.05. The highest BCUT2D eigenvalue weighted by Crippen LogP contribution is 2.28. The first kappa shape index (κ1) is 10.1. The molecule has 0 atom stereocenters. The number of nitrogens with two attached hydrogens (primary N) is 1. The Balaban J connectivity index is 2.14. The molecule has 0 spiro atoms. The number of thiophene rings is 1. The number of aromatic nitrogens is 1. The zero-order chi connectivity index (χ0) is 11.7. The van der Waals surface area contributed by atoms with Crippen molar-refractivity contribution in [2.24, 2.45) is 0 Å². The average molecular weight is 241 g/mol. The number of para-hydroxylation sites is 1. The van der Waals surface area contributed by atoms with E-state index < -0.39 is 0 Å². The molecular weight excluding hydrogens is 230 g/mol. The van der Waals surface area contributed by atoms with Crippen LogP contribution >= 0.6 is 11.3 Å². The second-order valence-corrected chi connectivity index (χ2v) is 4.52. The summed E-state index contributed by atoms with van der Waals surface area (Å²) in [6, 6.07) is 9.83. The summed E-state index contributed by atoms with van der Waals surface area (Å²) < 4.78 is 0. The molecule has 2 aromatic heterocycles. The summed E-state index contributed by atoms with van der Waals surface area (Å²) in [6.07, 6.45) is 1.77. The van der Waals surface area contributed by atoms with Gasteiger partial charge in [0.05, 0.1) is 11.2 Å². The number of fused-ring (bicyclic) bond motifs is 1. The van der Waals surface area contributed by atoms with Gasteiger partial charge in [0.25, 0.3) is 0 Å². The van der Waals surface area contributed by atoms with E-state index in [1.54, 1.807) is 17.5 Å². The molecule has 84 valence electrons. The van der Waals surface area contributed by atoms with E-state index in [4.69, 9.17) is 5.73 Å². The summed E-state index contributed by atoms with van der Waals surface area (Å²) in [6.45, 7) is 0. The lowest BCUT2D eigenvalue weighted by atomic mass is 10.1. The fourth-order valence-corrected chi connectivity index (χ4v) is 2.39. The largest absolute Gasteiger partial charge is 0.397 e. The van der Waals surface area contributed by atoms with Crippen molar-refractivity contribution in [3.8, 4) is 0 Å². The van der Waals surface area contributed by atoms with E-state index in [9.17, 15) is 0 Å². The molecule has 0 aliphatic rings. The lowest BCUT2D eigenvalue weighted by Crippen LogP contribution is -1.94. The van der Waals surface area contributed by atoms with E-state index >= 15 is 0 Å². The minimum atomic E-state index is 0.705. The third kappa shape index (κ3) is 1.83. The van der Waals surface area contributed by atoms with Crippen LogP contribution in [0.25, 0.3) is 10.9 Å². The van der Waals surface area contributed by atoms with Gasteiger partial charge in [0.15, 0.2) is 0 Å². The zero-order valence-corrected chi connectivity index (χ0v) is 9.87. The first-order valence-electron chi connectivity index (χ1n) is 5.27. The van der Waals surface area contributed by atoms with Gasteiger partial charge in [0.1, 0.15) is 0 Å². The Morgan fingerprint density at radius 1 is 1.18 bits per heavy atom. The van der Waals surface area contributed by atoms with Crippen molar-refractivity contribution < 1.29 is 0 Å². The maximum absolute atomic E-state index is 5.91. The number of anilines is 3. The monoisotopic (exact) mass is 241 g/mol. The maximum Gasteiger partial charge on any atom is 0.0951 e. The van der Waals surface area contributed by atoms with E-state index in [0.717, 1.165) is 22.3 Å². The van der Waals surface area contributed by atoms with Gasteiger partial charge in [-0.05, 0) is 23.6 Å². The minimum Gasteiger partial charge on any atom is -0.397 e. The van der Waals surface area contributed by atoms with Crippen molar-refractivity contribution in [2.75, 3.05) is 11.1 Å². The van der Waals surface area contributed by atoms with E-state index in [1.807, 2.05) is 35.7 Å². The molecule has 3 rings (SSSR count). The molecule has 0 unspecified atom stereocenters. The number of nitrogens with one attached hydrogen (secondary N) is 1. The summed E-state index contributed by atoms with van der Waals surface area (Å²) >= 11 is 1.66. The summed E-state index contributed by atoms with van der Waals surface area (Å²) in [5, 5.41) is 8.52. The molecule has 0 saturated carbocycles. The Morgan fingerprint density at radius 3 is 2.94 bits per heavy atom. The number of hydrogen-bond donors (Lipinski definition) is 2.